The summed E-state index contributed by atoms with van der Waals surface area (Å²) in [5.74, 6) is -0.673. The van der Waals surface area contributed by atoms with E-state index in [0.717, 1.165) is 11.3 Å². The summed E-state index contributed by atoms with van der Waals surface area (Å²) >= 11 is 0. The highest BCUT2D eigenvalue weighted by molar-refractivity contribution is 5.95. The van der Waals surface area contributed by atoms with Gasteiger partial charge in [0.2, 0.25) is 0 Å². The monoisotopic (exact) mass is 242 g/mol. The minimum atomic E-state index is -0.673. The van der Waals surface area contributed by atoms with Gasteiger partial charge in [-0.2, -0.15) is 0 Å². The fourth-order valence-corrected chi connectivity index (χ4v) is 1.80. The third kappa shape index (κ3) is 2.35. The van der Waals surface area contributed by atoms with Crippen molar-refractivity contribution in [1.82, 2.24) is 0 Å². The molecule has 0 aliphatic heterocycles. The zero-order valence-electron chi connectivity index (χ0n) is 11.4. The SMILES string of the molecule is [2H]OC(=O)c1ccccc1Nc1cccc(C)c1C. The molecule has 0 spiro atoms. The Hall–Kier alpha value is -2.29. The maximum atomic E-state index is 11.5. The van der Waals surface area contributed by atoms with Crippen LogP contribution >= 0.6 is 0 Å². The Bertz CT molecular complexity index is 611. The molecule has 0 saturated carbocycles. The number of carbonyl (C=O) groups is 1. The first-order valence-corrected chi connectivity index (χ1v) is 5.73. The van der Waals surface area contributed by atoms with Crippen molar-refractivity contribution in [2.45, 2.75) is 13.8 Å². The molecule has 0 bridgehead atoms. The zero-order valence-corrected chi connectivity index (χ0v) is 10.4. The highest BCUT2D eigenvalue weighted by Gasteiger charge is 2.10. The van der Waals surface area contributed by atoms with Crippen molar-refractivity contribution >= 4 is 17.3 Å². The number of nitrogens with one attached hydrogen (secondary N) is 1. The number of carboxylic acid groups (broad SMARTS) is 1. The van der Waals surface area contributed by atoms with Gasteiger partial charge >= 0.3 is 5.97 Å². The van der Waals surface area contributed by atoms with Gasteiger partial charge in [0.1, 0.15) is 0 Å². The van der Waals surface area contributed by atoms with E-state index >= 15 is 0 Å². The smallest absolute Gasteiger partial charge is 0.337 e. The predicted molar refractivity (Wildman–Crippen MR) is 72.6 cm³/mol. The zero-order chi connectivity index (χ0) is 13.8. The van der Waals surface area contributed by atoms with Crippen molar-refractivity contribution < 1.29 is 9.90 Å². The maximum Gasteiger partial charge on any atom is 0.337 e. The molecule has 0 fully saturated rings. The standard InChI is InChI=1S/C15H15NO2/c1-10-6-5-9-13(11(10)2)16-14-8-4-3-7-12(14)15(17)18/h3-9,16H,1-2H3,(H,17,18)/i/hD. The first kappa shape index (κ1) is 10.8. The molecule has 2 aromatic rings. The molecule has 0 heterocycles. The van der Waals surface area contributed by atoms with Gasteiger partial charge in [-0.15, -0.1) is 0 Å². The van der Waals surface area contributed by atoms with Gasteiger partial charge < -0.3 is 10.4 Å². The average Bonchev–Trinajstić information content (AvgIpc) is 2.43. The van der Waals surface area contributed by atoms with Crippen molar-refractivity contribution in [2.24, 2.45) is 0 Å². The molecule has 2 N–H and O–H groups in total. The first-order chi connectivity index (χ1) is 9.13. The molecule has 2 rings (SSSR count). The predicted octanol–water partition coefficient (Wildman–Crippen LogP) is 3.75. The van der Waals surface area contributed by atoms with E-state index in [4.69, 9.17) is 1.43 Å². The topological polar surface area (TPSA) is 49.3 Å². The second kappa shape index (κ2) is 4.92. The van der Waals surface area contributed by atoms with E-state index < -0.39 is 5.97 Å². The van der Waals surface area contributed by atoms with E-state index in [1.54, 1.807) is 18.2 Å². The Kier molecular flexibility index (Phi) is 2.96. The Morgan fingerprint density at radius 3 is 2.61 bits per heavy atom. The molecule has 0 atom stereocenters. The summed E-state index contributed by atoms with van der Waals surface area (Å²) in [4.78, 5) is 11.5. The number of hydrogen-bond donors (Lipinski definition) is 2. The van der Waals surface area contributed by atoms with Crippen LogP contribution in [-0.4, -0.2) is 11.1 Å². The van der Waals surface area contributed by atoms with Crippen molar-refractivity contribution in [1.29, 1.82) is 1.43 Å². The summed E-state index contributed by atoms with van der Waals surface area (Å²) in [6.45, 7) is 4.05. The van der Waals surface area contributed by atoms with Crippen LogP contribution in [0.5, 0.6) is 0 Å². The van der Waals surface area contributed by atoms with Gasteiger partial charge in [0.05, 0.1) is 11.3 Å². The summed E-state index contributed by atoms with van der Waals surface area (Å²) < 4.78 is 6.72. The Balaban J connectivity index is 2.39. The van der Waals surface area contributed by atoms with E-state index in [-0.39, 0.29) is 0 Å². The normalized spacial score (nSPS) is 10.7. The molecule has 0 saturated heterocycles. The first-order valence-electron chi connectivity index (χ1n) is 6.14. The summed E-state index contributed by atoms with van der Waals surface area (Å²) in [7, 11) is 0. The third-order valence-corrected chi connectivity index (χ3v) is 3.02. The van der Waals surface area contributed by atoms with Gasteiger partial charge in [-0.25, -0.2) is 4.79 Å². The summed E-state index contributed by atoms with van der Waals surface area (Å²) in [6.07, 6.45) is 0. The van der Waals surface area contributed by atoms with Crippen LogP contribution in [-0.2, 0) is 0 Å². The number of carboxylic acids is 1. The lowest BCUT2D eigenvalue weighted by molar-refractivity contribution is 0.0698. The third-order valence-electron chi connectivity index (χ3n) is 3.02. The fraction of sp³-hybridized carbons (Fsp3) is 0.133. The van der Waals surface area contributed by atoms with Gasteiger partial charge in [-0.05, 0) is 43.2 Å². The van der Waals surface area contributed by atoms with Crippen LogP contribution in [0.2, 0.25) is 0 Å². The van der Waals surface area contributed by atoms with Crippen molar-refractivity contribution in [3.05, 3.63) is 59.2 Å². The highest BCUT2D eigenvalue weighted by atomic mass is 16.4. The summed E-state index contributed by atoms with van der Waals surface area (Å²) in [5, 5.41) is 7.25. The minimum absolute atomic E-state index is 0.346. The van der Waals surface area contributed by atoms with Crippen LogP contribution in [0, 0.1) is 13.8 Å². The molecule has 0 radical (unpaired) electrons. The van der Waals surface area contributed by atoms with Crippen LogP contribution in [0.4, 0.5) is 11.4 Å². The number of hydrogen-bond acceptors (Lipinski definition) is 3. The van der Waals surface area contributed by atoms with E-state index in [9.17, 15) is 4.79 Å². The Morgan fingerprint density at radius 2 is 1.83 bits per heavy atom. The van der Waals surface area contributed by atoms with Gasteiger partial charge in [0.15, 0.2) is 0 Å². The molecular formula is C15H15NO2. The van der Waals surface area contributed by atoms with Gasteiger partial charge in [0.25, 0.3) is 1.43 Å². The molecule has 2 aromatic carbocycles. The molecule has 0 aliphatic rings. The van der Waals surface area contributed by atoms with Crippen molar-refractivity contribution in [3.8, 4) is 0 Å². The van der Waals surface area contributed by atoms with E-state index in [1.807, 2.05) is 38.1 Å². The molecular weight excluding hydrogens is 226 g/mol. The van der Waals surface area contributed by atoms with Crippen LogP contribution in [0.3, 0.4) is 0 Å². The maximum absolute atomic E-state index is 11.5. The molecule has 92 valence electrons. The van der Waals surface area contributed by atoms with Gasteiger partial charge in [0, 0.05) is 5.69 Å². The lowest BCUT2D eigenvalue weighted by atomic mass is 10.1. The summed E-state index contributed by atoms with van der Waals surface area (Å²) in [5.41, 5.74) is 4.21. The van der Waals surface area contributed by atoms with Gasteiger partial charge in [-0.1, -0.05) is 24.3 Å². The largest absolute Gasteiger partial charge is 0.478 e. The molecule has 0 amide bonds. The molecule has 3 heteroatoms. The van der Waals surface area contributed by atoms with Gasteiger partial charge in [-0.3, -0.25) is 0 Å². The number of aromatic carboxylic acids is 1. The van der Waals surface area contributed by atoms with Crippen LogP contribution in [0.15, 0.2) is 42.5 Å². The second-order valence-corrected chi connectivity index (χ2v) is 4.21. The Labute approximate surface area is 108 Å². The molecule has 0 aliphatic carbocycles. The van der Waals surface area contributed by atoms with Crippen LogP contribution < -0.4 is 5.32 Å². The quantitative estimate of drug-likeness (QED) is 0.861. The van der Waals surface area contributed by atoms with Crippen molar-refractivity contribution in [3.63, 3.8) is 0 Å². The average molecular weight is 242 g/mol. The highest BCUT2D eigenvalue weighted by Crippen LogP contribution is 2.25. The summed E-state index contributed by atoms with van der Waals surface area (Å²) in [6, 6.07) is 12.9. The molecule has 0 aromatic heterocycles. The Morgan fingerprint density at radius 1 is 1.11 bits per heavy atom. The van der Waals surface area contributed by atoms with Crippen molar-refractivity contribution in [2.75, 3.05) is 5.32 Å². The molecule has 3 nitrogen and oxygen atoms in total. The lowest BCUT2D eigenvalue weighted by Gasteiger charge is -2.13. The lowest BCUT2D eigenvalue weighted by Crippen LogP contribution is -2.03. The van der Waals surface area contributed by atoms with Crippen LogP contribution in [0.25, 0.3) is 1.43 Å². The minimum Gasteiger partial charge on any atom is -0.478 e. The number of aryl methyl sites for hydroxylation is 1. The van der Waals surface area contributed by atoms with Crippen LogP contribution in [0.1, 0.15) is 21.5 Å². The van der Waals surface area contributed by atoms with E-state index in [0.29, 0.717) is 11.3 Å². The van der Waals surface area contributed by atoms with E-state index in [1.165, 1.54) is 5.56 Å². The molecule has 0 unspecified atom stereocenters. The second-order valence-electron chi connectivity index (χ2n) is 4.21. The number of rotatable bonds is 3. The number of benzene rings is 2. The van der Waals surface area contributed by atoms with E-state index in [2.05, 4.69) is 10.4 Å². The number of anilines is 2. The molecule has 18 heavy (non-hydrogen) atoms. The fourth-order valence-electron chi connectivity index (χ4n) is 1.80. The number of para-hydroxylation sites is 1.